The summed E-state index contributed by atoms with van der Waals surface area (Å²) in [7, 11) is 0. The molecule has 0 saturated heterocycles. The van der Waals surface area contributed by atoms with Crippen molar-refractivity contribution in [3.63, 3.8) is 0 Å². The minimum absolute atomic E-state index is 0.752. The molecule has 3 rings (SSSR count). The normalized spacial score (nSPS) is 13.3. The van der Waals surface area contributed by atoms with Gasteiger partial charge in [-0.3, -0.25) is 0 Å². The highest BCUT2D eigenvalue weighted by Crippen LogP contribution is 2.31. The molecule has 0 aliphatic heterocycles. The zero-order valence-electron chi connectivity index (χ0n) is 12.5. The molecule has 2 aromatic rings. The van der Waals surface area contributed by atoms with Crippen LogP contribution in [0.2, 0.25) is 5.02 Å². The summed E-state index contributed by atoms with van der Waals surface area (Å²) >= 11 is 6.04. The summed E-state index contributed by atoms with van der Waals surface area (Å²) in [5, 5.41) is 4.21. The Balaban J connectivity index is 2.06. The summed E-state index contributed by atoms with van der Waals surface area (Å²) in [6.45, 7) is 5.16. The molecule has 1 aliphatic rings. The van der Waals surface area contributed by atoms with Gasteiger partial charge in [0, 0.05) is 28.4 Å². The molecule has 0 amide bonds. The zero-order valence-corrected chi connectivity index (χ0v) is 13.3. The quantitative estimate of drug-likeness (QED) is 0.908. The van der Waals surface area contributed by atoms with Gasteiger partial charge in [-0.25, -0.2) is 9.97 Å². The van der Waals surface area contributed by atoms with Crippen LogP contribution in [0.1, 0.15) is 36.6 Å². The van der Waals surface area contributed by atoms with Crippen LogP contribution in [0.3, 0.4) is 0 Å². The summed E-state index contributed by atoms with van der Waals surface area (Å²) in [5.41, 5.74) is 4.68. The molecule has 4 heteroatoms. The Hall–Kier alpha value is -1.61. The SMILES string of the molecule is CCCNc1nc(-c2ccc(Cl)cc2C)nc2c1CCC2. The average Bonchev–Trinajstić information content (AvgIpc) is 2.93. The van der Waals surface area contributed by atoms with Crippen molar-refractivity contribution in [3.05, 3.63) is 40.0 Å². The fourth-order valence-corrected chi connectivity index (χ4v) is 3.05. The van der Waals surface area contributed by atoms with E-state index in [9.17, 15) is 0 Å². The van der Waals surface area contributed by atoms with E-state index < -0.39 is 0 Å². The number of rotatable bonds is 4. The number of anilines is 1. The predicted molar refractivity (Wildman–Crippen MR) is 88.0 cm³/mol. The molecule has 3 nitrogen and oxygen atoms in total. The highest BCUT2D eigenvalue weighted by molar-refractivity contribution is 6.30. The van der Waals surface area contributed by atoms with E-state index in [0.29, 0.717) is 0 Å². The maximum atomic E-state index is 6.04. The fraction of sp³-hybridized carbons (Fsp3) is 0.412. The Morgan fingerprint density at radius 2 is 2.10 bits per heavy atom. The number of aromatic nitrogens is 2. The molecule has 0 radical (unpaired) electrons. The lowest BCUT2D eigenvalue weighted by Crippen LogP contribution is -2.08. The van der Waals surface area contributed by atoms with Gasteiger partial charge >= 0.3 is 0 Å². The van der Waals surface area contributed by atoms with Gasteiger partial charge in [0.1, 0.15) is 5.82 Å². The topological polar surface area (TPSA) is 37.8 Å². The van der Waals surface area contributed by atoms with Gasteiger partial charge in [-0.15, -0.1) is 0 Å². The second-order valence-corrected chi connectivity index (χ2v) is 6.00. The van der Waals surface area contributed by atoms with Crippen LogP contribution >= 0.6 is 11.6 Å². The third kappa shape index (κ3) is 2.88. The minimum atomic E-state index is 0.752. The molecular formula is C17H20ClN3. The summed E-state index contributed by atoms with van der Waals surface area (Å²) in [5.74, 6) is 1.83. The summed E-state index contributed by atoms with van der Waals surface area (Å²) < 4.78 is 0. The third-order valence-corrected chi connectivity index (χ3v) is 4.14. The van der Waals surface area contributed by atoms with Crippen LogP contribution in [0.15, 0.2) is 18.2 Å². The van der Waals surface area contributed by atoms with E-state index in [0.717, 1.165) is 53.6 Å². The Morgan fingerprint density at radius 1 is 1.24 bits per heavy atom. The van der Waals surface area contributed by atoms with Crippen molar-refractivity contribution in [1.29, 1.82) is 0 Å². The van der Waals surface area contributed by atoms with Crippen molar-refractivity contribution in [2.24, 2.45) is 0 Å². The molecule has 0 atom stereocenters. The molecular weight excluding hydrogens is 282 g/mol. The number of nitrogens with one attached hydrogen (secondary N) is 1. The molecule has 110 valence electrons. The maximum Gasteiger partial charge on any atom is 0.162 e. The Kier molecular flexibility index (Phi) is 4.11. The molecule has 0 bridgehead atoms. The molecule has 21 heavy (non-hydrogen) atoms. The number of fused-ring (bicyclic) bond motifs is 1. The lowest BCUT2D eigenvalue weighted by atomic mass is 10.1. The smallest absolute Gasteiger partial charge is 0.162 e. The van der Waals surface area contributed by atoms with Gasteiger partial charge in [0.25, 0.3) is 0 Å². The molecule has 1 aliphatic carbocycles. The largest absolute Gasteiger partial charge is 0.370 e. The van der Waals surface area contributed by atoms with Crippen LogP contribution < -0.4 is 5.32 Å². The van der Waals surface area contributed by atoms with Gasteiger partial charge < -0.3 is 5.32 Å². The predicted octanol–water partition coefficient (Wildman–Crippen LogP) is 4.42. The number of aryl methyl sites for hydroxylation is 2. The molecule has 1 heterocycles. The second kappa shape index (κ2) is 6.02. The van der Waals surface area contributed by atoms with E-state index in [4.69, 9.17) is 21.6 Å². The van der Waals surface area contributed by atoms with Crippen LogP contribution in [0.5, 0.6) is 0 Å². The van der Waals surface area contributed by atoms with E-state index in [1.807, 2.05) is 18.2 Å². The van der Waals surface area contributed by atoms with E-state index in [1.165, 1.54) is 17.7 Å². The zero-order chi connectivity index (χ0) is 14.8. The molecule has 1 aromatic carbocycles. The Bertz CT molecular complexity index is 667. The highest BCUT2D eigenvalue weighted by atomic mass is 35.5. The number of halogens is 1. The maximum absolute atomic E-state index is 6.04. The van der Waals surface area contributed by atoms with Crippen molar-refractivity contribution < 1.29 is 0 Å². The van der Waals surface area contributed by atoms with Crippen molar-refractivity contribution in [3.8, 4) is 11.4 Å². The van der Waals surface area contributed by atoms with Gasteiger partial charge in [0.05, 0.1) is 0 Å². The van der Waals surface area contributed by atoms with Crippen LogP contribution in [-0.2, 0) is 12.8 Å². The molecule has 0 unspecified atom stereocenters. The first-order valence-electron chi connectivity index (χ1n) is 7.59. The third-order valence-electron chi connectivity index (χ3n) is 3.90. The number of nitrogens with zero attached hydrogens (tertiary/aromatic N) is 2. The van der Waals surface area contributed by atoms with E-state index in [2.05, 4.69) is 19.2 Å². The monoisotopic (exact) mass is 301 g/mol. The van der Waals surface area contributed by atoms with Gasteiger partial charge in [-0.2, -0.15) is 0 Å². The second-order valence-electron chi connectivity index (χ2n) is 5.56. The van der Waals surface area contributed by atoms with Crippen LogP contribution in [-0.4, -0.2) is 16.5 Å². The summed E-state index contributed by atoms with van der Waals surface area (Å²) in [6.07, 6.45) is 4.40. The lowest BCUT2D eigenvalue weighted by Gasteiger charge is -2.13. The van der Waals surface area contributed by atoms with Gasteiger partial charge in [0.15, 0.2) is 5.82 Å². The fourth-order valence-electron chi connectivity index (χ4n) is 2.82. The van der Waals surface area contributed by atoms with Crippen molar-refractivity contribution in [2.45, 2.75) is 39.5 Å². The van der Waals surface area contributed by atoms with Crippen molar-refractivity contribution in [1.82, 2.24) is 9.97 Å². The van der Waals surface area contributed by atoms with Crippen LogP contribution in [0.25, 0.3) is 11.4 Å². The number of hydrogen-bond donors (Lipinski definition) is 1. The number of benzene rings is 1. The Labute approximate surface area is 130 Å². The van der Waals surface area contributed by atoms with E-state index in [-0.39, 0.29) is 0 Å². The summed E-state index contributed by atoms with van der Waals surface area (Å²) in [6, 6.07) is 5.88. The lowest BCUT2D eigenvalue weighted by molar-refractivity contribution is 0.899. The van der Waals surface area contributed by atoms with E-state index >= 15 is 0 Å². The molecule has 0 fully saturated rings. The first-order chi connectivity index (χ1) is 10.2. The van der Waals surface area contributed by atoms with Crippen molar-refractivity contribution >= 4 is 17.4 Å². The molecule has 0 saturated carbocycles. The van der Waals surface area contributed by atoms with Crippen LogP contribution in [0, 0.1) is 6.92 Å². The molecule has 1 aromatic heterocycles. The summed E-state index contributed by atoms with van der Waals surface area (Å²) in [4.78, 5) is 9.57. The number of hydrogen-bond acceptors (Lipinski definition) is 3. The first kappa shape index (κ1) is 14.3. The molecule has 0 spiro atoms. The Morgan fingerprint density at radius 3 is 2.86 bits per heavy atom. The standard InChI is InChI=1S/C17H20ClN3/c1-3-9-19-16-14-5-4-6-15(14)20-17(21-16)13-8-7-12(18)10-11(13)2/h7-8,10H,3-6,9H2,1-2H3,(H,19,20,21). The highest BCUT2D eigenvalue weighted by Gasteiger charge is 2.20. The average molecular weight is 302 g/mol. The van der Waals surface area contributed by atoms with Gasteiger partial charge in [-0.05, 0) is 56.4 Å². The minimum Gasteiger partial charge on any atom is -0.370 e. The first-order valence-corrected chi connectivity index (χ1v) is 7.97. The van der Waals surface area contributed by atoms with E-state index in [1.54, 1.807) is 0 Å². The van der Waals surface area contributed by atoms with Gasteiger partial charge in [0.2, 0.25) is 0 Å². The molecule has 1 N–H and O–H groups in total. The van der Waals surface area contributed by atoms with Crippen molar-refractivity contribution in [2.75, 3.05) is 11.9 Å². The van der Waals surface area contributed by atoms with Crippen LogP contribution in [0.4, 0.5) is 5.82 Å². The van der Waals surface area contributed by atoms with Gasteiger partial charge in [-0.1, -0.05) is 18.5 Å².